The van der Waals surface area contributed by atoms with Gasteiger partial charge in [-0.15, -0.1) is 6.58 Å². The predicted molar refractivity (Wildman–Crippen MR) is 65.4 cm³/mol. The Kier molecular flexibility index (Phi) is 4.41. The first-order chi connectivity index (χ1) is 7.13. The first kappa shape index (κ1) is 11.8. The van der Waals surface area contributed by atoms with E-state index in [0.29, 0.717) is 5.92 Å². The third-order valence-electron chi connectivity index (χ3n) is 2.19. The molecular weight excluding hydrogens is 184 g/mol. The Bertz CT molecular complexity index is 326. The summed E-state index contributed by atoms with van der Waals surface area (Å²) in [4.78, 5) is 0. The minimum absolute atomic E-state index is 0.567. The minimum atomic E-state index is 0.567. The lowest BCUT2D eigenvalue weighted by atomic mass is 10.1. The zero-order chi connectivity index (χ0) is 11.3. The molecule has 1 rings (SSSR count). The van der Waals surface area contributed by atoms with Crippen LogP contribution in [-0.4, -0.2) is 6.61 Å². The molecule has 82 valence electrons. The number of allylic oxidation sites excluding steroid dienone is 1. The molecule has 0 atom stereocenters. The molecule has 0 N–H and O–H groups in total. The second-order valence-electron chi connectivity index (χ2n) is 4.30. The van der Waals surface area contributed by atoms with Crippen LogP contribution >= 0.6 is 0 Å². The number of hydrogen-bond acceptors (Lipinski definition) is 1. The van der Waals surface area contributed by atoms with Crippen LogP contribution in [0.3, 0.4) is 0 Å². The number of ether oxygens (including phenoxy) is 1. The first-order valence-electron chi connectivity index (χ1n) is 5.46. The number of hydrogen-bond donors (Lipinski definition) is 0. The topological polar surface area (TPSA) is 9.23 Å². The Balaban J connectivity index is 2.70. The van der Waals surface area contributed by atoms with Crippen LogP contribution in [0.1, 0.15) is 25.0 Å². The largest absolute Gasteiger partial charge is 0.493 e. The molecule has 1 heteroatoms. The van der Waals surface area contributed by atoms with Crippen molar-refractivity contribution in [2.75, 3.05) is 6.61 Å². The van der Waals surface area contributed by atoms with Crippen molar-refractivity contribution >= 4 is 0 Å². The van der Waals surface area contributed by atoms with Gasteiger partial charge in [-0.25, -0.2) is 0 Å². The highest BCUT2D eigenvalue weighted by Gasteiger charge is 2.01. The van der Waals surface area contributed by atoms with Gasteiger partial charge in [0.25, 0.3) is 0 Å². The summed E-state index contributed by atoms with van der Waals surface area (Å²) in [5.41, 5.74) is 2.49. The average molecular weight is 204 g/mol. The summed E-state index contributed by atoms with van der Waals surface area (Å²) in [5.74, 6) is 1.56. The van der Waals surface area contributed by atoms with E-state index in [0.717, 1.165) is 18.8 Å². The zero-order valence-electron chi connectivity index (χ0n) is 9.92. The highest BCUT2D eigenvalue weighted by molar-refractivity contribution is 5.36. The summed E-state index contributed by atoms with van der Waals surface area (Å²) in [6.45, 7) is 10.9. The van der Waals surface area contributed by atoms with Crippen LogP contribution in [-0.2, 0) is 6.42 Å². The second-order valence-corrected chi connectivity index (χ2v) is 4.30. The van der Waals surface area contributed by atoms with E-state index in [1.54, 1.807) is 0 Å². The van der Waals surface area contributed by atoms with Crippen LogP contribution in [0.2, 0.25) is 0 Å². The van der Waals surface area contributed by atoms with Crippen molar-refractivity contribution in [2.24, 2.45) is 5.92 Å². The molecule has 0 radical (unpaired) electrons. The maximum atomic E-state index is 5.71. The predicted octanol–water partition coefficient (Wildman–Crippen LogP) is 3.76. The molecule has 0 fully saturated rings. The van der Waals surface area contributed by atoms with Gasteiger partial charge in [0, 0.05) is 0 Å². The normalized spacial score (nSPS) is 10.4. The van der Waals surface area contributed by atoms with Crippen LogP contribution in [0.15, 0.2) is 30.9 Å². The zero-order valence-corrected chi connectivity index (χ0v) is 9.92. The molecule has 0 aromatic heterocycles. The van der Waals surface area contributed by atoms with Crippen LogP contribution in [0, 0.1) is 12.8 Å². The third-order valence-corrected chi connectivity index (χ3v) is 2.19. The van der Waals surface area contributed by atoms with Crippen molar-refractivity contribution in [3.05, 3.63) is 42.0 Å². The second kappa shape index (κ2) is 5.59. The van der Waals surface area contributed by atoms with Crippen LogP contribution in [0.4, 0.5) is 0 Å². The van der Waals surface area contributed by atoms with E-state index >= 15 is 0 Å². The molecule has 0 bridgehead atoms. The van der Waals surface area contributed by atoms with Gasteiger partial charge in [0.15, 0.2) is 0 Å². The molecule has 0 aliphatic heterocycles. The summed E-state index contributed by atoms with van der Waals surface area (Å²) < 4.78 is 5.71. The lowest BCUT2D eigenvalue weighted by Gasteiger charge is -2.11. The molecule has 0 amide bonds. The van der Waals surface area contributed by atoms with Crippen LogP contribution in [0.5, 0.6) is 5.75 Å². The summed E-state index contributed by atoms with van der Waals surface area (Å²) >= 11 is 0. The third kappa shape index (κ3) is 3.78. The molecule has 0 saturated carbocycles. The molecule has 1 aromatic rings. The lowest BCUT2D eigenvalue weighted by Crippen LogP contribution is -2.05. The SMILES string of the molecule is C=CCc1ccc(OCC(C)C)c(C)c1. The van der Waals surface area contributed by atoms with Crippen LogP contribution in [0.25, 0.3) is 0 Å². The molecule has 15 heavy (non-hydrogen) atoms. The summed E-state index contributed by atoms with van der Waals surface area (Å²) in [6, 6.07) is 6.32. The van der Waals surface area contributed by atoms with E-state index in [2.05, 4.69) is 45.5 Å². The van der Waals surface area contributed by atoms with Gasteiger partial charge in [0.1, 0.15) is 5.75 Å². The van der Waals surface area contributed by atoms with Gasteiger partial charge in [-0.1, -0.05) is 32.1 Å². The smallest absolute Gasteiger partial charge is 0.122 e. The molecule has 0 unspecified atom stereocenters. The van der Waals surface area contributed by atoms with Crippen molar-refractivity contribution < 1.29 is 4.74 Å². The Labute approximate surface area is 92.8 Å². The summed E-state index contributed by atoms with van der Waals surface area (Å²) in [5, 5.41) is 0. The Morgan fingerprint density at radius 3 is 2.67 bits per heavy atom. The fourth-order valence-corrected chi connectivity index (χ4v) is 1.42. The molecule has 0 spiro atoms. The highest BCUT2D eigenvalue weighted by Crippen LogP contribution is 2.20. The van der Waals surface area contributed by atoms with Gasteiger partial charge in [0.2, 0.25) is 0 Å². The van der Waals surface area contributed by atoms with E-state index in [4.69, 9.17) is 4.74 Å². The van der Waals surface area contributed by atoms with E-state index in [1.807, 2.05) is 6.08 Å². The van der Waals surface area contributed by atoms with Gasteiger partial charge in [-0.3, -0.25) is 0 Å². The van der Waals surface area contributed by atoms with Crippen molar-refractivity contribution in [3.8, 4) is 5.75 Å². The molecular formula is C14H20O. The Morgan fingerprint density at radius 1 is 1.40 bits per heavy atom. The van der Waals surface area contributed by atoms with E-state index in [9.17, 15) is 0 Å². The van der Waals surface area contributed by atoms with Gasteiger partial charge >= 0.3 is 0 Å². The van der Waals surface area contributed by atoms with E-state index < -0.39 is 0 Å². The maximum absolute atomic E-state index is 5.71. The molecule has 1 aromatic carbocycles. The van der Waals surface area contributed by atoms with Gasteiger partial charge in [0.05, 0.1) is 6.61 Å². The monoisotopic (exact) mass is 204 g/mol. The van der Waals surface area contributed by atoms with Crippen molar-refractivity contribution in [1.82, 2.24) is 0 Å². The average Bonchev–Trinajstić information content (AvgIpc) is 2.17. The Morgan fingerprint density at radius 2 is 2.13 bits per heavy atom. The van der Waals surface area contributed by atoms with E-state index in [-0.39, 0.29) is 0 Å². The molecule has 0 heterocycles. The standard InChI is InChI=1S/C14H20O/c1-5-6-13-7-8-14(12(4)9-13)15-10-11(2)3/h5,7-9,11H,1,6,10H2,2-4H3. The van der Waals surface area contributed by atoms with Crippen molar-refractivity contribution in [2.45, 2.75) is 27.2 Å². The molecule has 1 nitrogen and oxygen atoms in total. The fourth-order valence-electron chi connectivity index (χ4n) is 1.42. The molecule has 0 aliphatic carbocycles. The Hall–Kier alpha value is -1.24. The van der Waals surface area contributed by atoms with Crippen LogP contribution < -0.4 is 4.74 Å². The fraction of sp³-hybridized carbons (Fsp3) is 0.429. The van der Waals surface area contributed by atoms with Crippen molar-refractivity contribution in [3.63, 3.8) is 0 Å². The number of rotatable bonds is 5. The maximum Gasteiger partial charge on any atom is 0.122 e. The van der Waals surface area contributed by atoms with E-state index in [1.165, 1.54) is 11.1 Å². The van der Waals surface area contributed by atoms with Gasteiger partial charge in [-0.2, -0.15) is 0 Å². The van der Waals surface area contributed by atoms with Crippen molar-refractivity contribution in [1.29, 1.82) is 0 Å². The van der Waals surface area contributed by atoms with Gasteiger partial charge < -0.3 is 4.74 Å². The molecule has 0 aliphatic rings. The minimum Gasteiger partial charge on any atom is -0.493 e. The number of benzene rings is 1. The first-order valence-corrected chi connectivity index (χ1v) is 5.46. The number of aryl methyl sites for hydroxylation is 1. The quantitative estimate of drug-likeness (QED) is 0.664. The summed E-state index contributed by atoms with van der Waals surface area (Å²) in [6.07, 6.45) is 2.84. The molecule has 0 saturated heterocycles. The lowest BCUT2D eigenvalue weighted by molar-refractivity contribution is 0.269. The highest BCUT2D eigenvalue weighted by atomic mass is 16.5. The van der Waals surface area contributed by atoms with Gasteiger partial charge in [-0.05, 0) is 36.5 Å². The summed E-state index contributed by atoms with van der Waals surface area (Å²) in [7, 11) is 0.